The Morgan fingerprint density at radius 3 is 0.778 bits per heavy atom. The Labute approximate surface area is 84.3 Å². The van der Waals surface area contributed by atoms with E-state index < -0.39 is 0 Å². The van der Waals surface area contributed by atoms with Crippen LogP contribution in [0.1, 0.15) is 27.7 Å². The zero-order chi connectivity index (χ0) is 7.15. The second kappa shape index (κ2) is 11.4. The van der Waals surface area contributed by atoms with E-state index in [1.54, 1.807) is 0 Å². The van der Waals surface area contributed by atoms with E-state index in [9.17, 15) is 0 Å². The minimum atomic E-state index is 0. The maximum Gasteiger partial charge on any atom is 3.00 e. The van der Waals surface area contributed by atoms with E-state index in [-0.39, 0.29) is 32.7 Å². The first-order valence-corrected chi connectivity index (χ1v) is 2.58. The standard InChI is InChI=1S/2C4H7.Y/c2*1-4(2)3;/h2*1H,2-3H3;/q2*-1;+3. The van der Waals surface area contributed by atoms with E-state index in [1.807, 2.05) is 27.7 Å². The van der Waals surface area contributed by atoms with Crippen LogP contribution in [0, 0.1) is 13.2 Å². The third kappa shape index (κ3) is 1090. The molecule has 0 amide bonds. The summed E-state index contributed by atoms with van der Waals surface area (Å²) in [6.07, 6.45) is 0. The maximum absolute atomic E-state index is 5.03. The molecule has 0 atom stereocenters. The van der Waals surface area contributed by atoms with Gasteiger partial charge in [-0.25, -0.2) is 0 Å². The van der Waals surface area contributed by atoms with Crippen LogP contribution >= 0.6 is 0 Å². The summed E-state index contributed by atoms with van der Waals surface area (Å²) >= 11 is 0. The predicted octanol–water partition coefficient (Wildman–Crippen LogP) is 2.77. The number of hydrogen-bond donors (Lipinski definition) is 0. The minimum Gasteiger partial charge on any atom is -0.515 e. The van der Waals surface area contributed by atoms with Crippen molar-refractivity contribution in [2.45, 2.75) is 27.7 Å². The van der Waals surface area contributed by atoms with Gasteiger partial charge in [-0.1, -0.05) is 27.7 Å². The first-order chi connectivity index (χ1) is 3.46. The molecule has 0 bridgehead atoms. The Balaban J connectivity index is -0.0000000720. The van der Waals surface area contributed by atoms with Gasteiger partial charge in [0, 0.05) is 0 Å². The van der Waals surface area contributed by atoms with Gasteiger partial charge in [0.15, 0.2) is 0 Å². The summed E-state index contributed by atoms with van der Waals surface area (Å²) in [7, 11) is 0. The maximum atomic E-state index is 5.03. The van der Waals surface area contributed by atoms with Gasteiger partial charge in [-0.05, 0) is 0 Å². The molecular formula is C8H14Y+. The summed E-state index contributed by atoms with van der Waals surface area (Å²) in [4.78, 5) is 0. The van der Waals surface area contributed by atoms with Crippen molar-refractivity contribution in [3.63, 3.8) is 0 Å². The second-order valence-corrected chi connectivity index (χ2v) is 2.15. The van der Waals surface area contributed by atoms with Crippen LogP contribution in [0.3, 0.4) is 0 Å². The van der Waals surface area contributed by atoms with Crippen LogP contribution in [-0.4, -0.2) is 0 Å². The van der Waals surface area contributed by atoms with Gasteiger partial charge in [-0.3, -0.25) is 11.1 Å². The summed E-state index contributed by atoms with van der Waals surface area (Å²) in [6.45, 7) is 17.5. The fraction of sp³-hybridized carbons (Fsp3) is 0.500. The normalized spacial score (nSPS) is 5.78. The molecule has 0 aromatic heterocycles. The van der Waals surface area contributed by atoms with E-state index in [2.05, 4.69) is 0 Å². The fourth-order valence-electron chi connectivity index (χ4n) is 0. The molecule has 0 aromatic carbocycles. The Morgan fingerprint density at radius 1 is 0.778 bits per heavy atom. The van der Waals surface area contributed by atoms with Gasteiger partial charge in [0.25, 0.3) is 0 Å². The minimum absolute atomic E-state index is 0. The van der Waals surface area contributed by atoms with E-state index in [0.717, 1.165) is 11.1 Å². The van der Waals surface area contributed by atoms with Crippen LogP contribution in [0.25, 0.3) is 0 Å². The van der Waals surface area contributed by atoms with Crippen LogP contribution < -0.4 is 0 Å². The van der Waals surface area contributed by atoms with Crippen LogP contribution in [0.2, 0.25) is 0 Å². The molecular weight excluding hydrogens is 185 g/mol. The van der Waals surface area contributed by atoms with Crippen molar-refractivity contribution in [1.29, 1.82) is 0 Å². The summed E-state index contributed by atoms with van der Waals surface area (Å²) in [5.41, 5.74) is 1.83. The molecule has 0 unspecified atom stereocenters. The molecule has 0 saturated carbocycles. The molecule has 0 aromatic rings. The summed E-state index contributed by atoms with van der Waals surface area (Å²) in [6, 6.07) is 0. The van der Waals surface area contributed by atoms with Crippen molar-refractivity contribution in [3.05, 3.63) is 24.3 Å². The SMILES string of the molecule is [CH-]=C(C)C.[CH-]=C(C)C.[Y+3]. The van der Waals surface area contributed by atoms with Gasteiger partial charge in [0.1, 0.15) is 0 Å². The monoisotopic (exact) mass is 199 g/mol. The van der Waals surface area contributed by atoms with Crippen molar-refractivity contribution in [1.82, 2.24) is 0 Å². The van der Waals surface area contributed by atoms with Gasteiger partial charge in [-0.15, -0.1) is 0 Å². The van der Waals surface area contributed by atoms with E-state index in [0.29, 0.717) is 0 Å². The van der Waals surface area contributed by atoms with Crippen LogP contribution in [-0.2, 0) is 32.7 Å². The quantitative estimate of drug-likeness (QED) is 0.526. The average Bonchev–Trinajstić information content (AvgIpc) is 1.25. The topological polar surface area (TPSA) is 0 Å². The number of rotatable bonds is 0. The van der Waals surface area contributed by atoms with Crippen molar-refractivity contribution in [2.75, 3.05) is 0 Å². The average molecular weight is 199 g/mol. The largest absolute Gasteiger partial charge is 3.00 e. The third-order valence-corrected chi connectivity index (χ3v) is 0. The zero-order valence-electron chi connectivity index (χ0n) is 6.73. The van der Waals surface area contributed by atoms with Gasteiger partial charge < -0.3 is 13.2 Å². The van der Waals surface area contributed by atoms with Crippen molar-refractivity contribution in [3.8, 4) is 0 Å². The van der Waals surface area contributed by atoms with Gasteiger partial charge in [0.2, 0.25) is 0 Å². The molecule has 48 valence electrons. The van der Waals surface area contributed by atoms with Crippen LogP contribution in [0.4, 0.5) is 0 Å². The Bertz CT molecular complexity index is 62.6. The Hall–Kier alpha value is 0.584. The van der Waals surface area contributed by atoms with Gasteiger partial charge >= 0.3 is 32.7 Å². The Kier molecular flexibility index (Phi) is 20.6. The molecule has 0 nitrogen and oxygen atoms in total. The number of allylic oxidation sites excluding steroid dienone is 2. The molecule has 0 heterocycles. The summed E-state index contributed by atoms with van der Waals surface area (Å²) in [5.74, 6) is 0. The molecule has 0 radical (unpaired) electrons. The first-order valence-electron chi connectivity index (χ1n) is 2.58. The van der Waals surface area contributed by atoms with Crippen LogP contribution in [0.15, 0.2) is 11.1 Å². The molecule has 9 heavy (non-hydrogen) atoms. The molecule has 0 aliphatic heterocycles. The van der Waals surface area contributed by atoms with Crippen molar-refractivity contribution < 1.29 is 32.7 Å². The van der Waals surface area contributed by atoms with Crippen molar-refractivity contribution >= 4 is 0 Å². The predicted molar refractivity (Wildman–Crippen MR) is 38.3 cm³/mol. The third-order valence-electron chi connectivity index (χ3n) is 0. The molecule has 1 heteroatoms. The first kappa shape index (κ1) is 16.3. The molecule has 0 saturated heterocycles. The fourth-order valence-corrected chi connectivity index (χ4v) is 0. The zero-order valence-corrected chi connectivity index (χ0v) is 9.57. The van der Waals surface area contributed by atoms with Gasteiger partial charge in [-0.2, -0.15) is 0 Å². The van der Waals surface area contributed by atoms with E-state index in [4.69, 9.17) is 13.2 Å². The molecule has 0 fully saturated rings. The Morgan fingerprint density at radius 2 is 0.778 bits per heavy atom. The second-order valence-electron chi connectivity index (χ2n) is 2.15. The molecule has 0 spiro atoms. The van der Waals surface area contributed by atoms with E-state index >= 15 is 0 Å². The summed E-state index contributed by atoms with van der Waals surface area (Å²) < 4.78 is 0. The molecule has 0 aliphatic carbocycles. The van der Waals surface area contributed by atoms with E-state index in [1.165, 1.54) is 0 Å². The number of hydrogen-bond acceptors (Lipinski definition) is 0. The van der Waals surface area contributed by atoms with Crippen molar-refractivity contribution in [2.24, 2.45) is 0 Å². The molecule has 0 aliphatic rings. The smallest absolute Gasteiger partial charge is 0.515 e. The van der Waals surface area contributed by atoms with Crippen LogP contribution in [0.5, 0.6) is 0 Å². The molecule has 0 N–H and O–H groups in total. The van der Waals surface area contributed by atoms with Gasteiger partial charge in [0.05, 0.1) is 0 Å². The summed E-state index contributed by atoms with van der Waals surface area (Å²) in [5, 5.41) is 0. The molecule has 0 rings (SSSR count).